The number of aromatic nitrogens is 5. The van der Waals surface area contributed by atoms with Crippen LogP contribution in [-0.2, 0) is 4.79 Å². The third kappa shape index (κ3) is 5.88. The highest BCUT2D eigenvalue weighted by molar-refractivity contribution is 6.05. The molecule has 4 heterocycles. The Morgan fingerprint density at radius 2 is 2.03 bits per heavy atom. The number of fused-ring (bicyclic) bond motifs is 1. The first-order valence-corrected chi connectivity index (χ1v) is 10.2. The zero-order valence-corrected chi connectivity index (χ0v) is 17.9. The number of piperidine rings is 1. The topological polar surface area (TPSA) is 156 Å². The van der Waals surface area contributed by atoms with Gasteiger partial charge < -0.3 is 30.2 Å². The normalized spacial score (nSPS) is 13.7. The van der Waals surface area contributed by atoms with E-state index in [9.17, 15) is 4.79 Å². The van der Waals surface area contributed by atoms with Crippen molar-refractivity contribution in [1.29, 1.82) is 0 Å². The molecular weight excluding hydrogens is 416 g/mol. The number of hydrogen-bond acceptors (Lipinski definition) is 9. The third-order valence-electron chi connectivity index (χ3n) is 4.66. The van der Waals surface area contributed by atoms with Gasteiger partial charge in [0.25, 0.3) is 12.4 Å². The van der Waals surface area contributed by atoms with Gasteiger partial charge >= 0.3 is 0 Å². The Labute approximate surface area is 184 Å². The van der Waals surface area contributed by atoms with Crippen molar-refractivity contribution in [2.75, 3.05) is 30.3 Å². The molecule has 0 bridgehead atoms. The van der Waals surface area contributed by atoms with Gasteiger partial charge in [0.15, 0.2) is 5.65 Å². The lowest BCUT2D eigenvalue weighted by Gasteiger charge is -2.23. The molecule has 1 fully saturated rings. The molecule has 1 amide bonds. The maximum absolute atomic E-state index is 12.8. The fraction of sp³-hybridized carbons (Fsp3) is 0.400. The number of nitrogens with one attached hydrogen (secondary N) is 3. The highest BCUT2D eigenvalue weighted by Gasteiger charge is 2.19. The van der Waals surface area contributed by atoms with E-state index in [4.69, 9.17) is 14.6 Å². The molecule has 0 aromatic carbocycles. The average molecular weight is 442 g/mol. The summed E-state index contributed by atoms with van der Waals surface area (Å²) in [4.78, 5) is 38.4. The van der Waals surface area contributed by atoms with Crippen LogP contribution < -0.4 is 20.7 Å². The summed E-state index contributed by atoms with van der Waals surface area (Å²) in [6.07, 6.45) is 8.66. The number of carboxylic acid groups (broad SMARTS) is 1. The number of aryl methyl sites for hydroxylation is 1. The number of ether oxygens (including phenoxy) is 1. The second-order valence-electron chi connectivity index (χ2n) is 6.99. The first-order valence-electron chi connectivity index (χ1n) is 10.2. The molecule has 32 heavy (non-hydrogen) atoms. The van der Waals surface area contributed by atoms with E-state index in [1.54, 1.807) is 12.4 Å². The van der Waals surface area contributed by atoms with Crippen LogP contribution in [0.5, 0.6) is 5.88 Å². The molecule has 0 spiro atoms. The molecule has 1 aliphatic rings. The van der Waals surface area contributed by atoms with Gasteiger partial charge in [-0.1, -0.05) is 0 Å². The molecule has 4 N–H and O–H groups in total. The van der Waals surface area contributed by atoms with Crippen LogP contribution in [0.25, 0.3) is 5.65 Å². The molecule has 0 unspecified atom stereocenters. The average Bonchev–Trinajstić information content (AvgIpc) is 3.15. The number of imidazole rings is 1. The largest absolute Gasteiger partial charge is 0.483 e. The molecule has 12 heteroatoms. The predicted molar refractivity (Wildman–Crippen MR) is 117 cm³/mol. The van der Waals surface area contributed by atoms with E-state index < -0.39 is 0 Å². The van der Waals surface area contributed by atoms with Crippen LogP contribution in [0.15, 0.2) is 24.8 Å². The smallest absolute Gasteiger partial charge is 0.290 e. The van der Waals surface area contributed by atoms with Crippen molar-refractivity contribution >= 4 is 29.8 Å². The van der Waals surface area contributed by atoms with Crippen molar-refractivity contribution in [1.82, 2.24) is 29.7 Å². The lowest BCUT2D eigenvalue weighted by atomic mass is 10.1. The maximum Gasteiger partial charge on any atom is 0.290 e. The molecular formula is C20H26N8O4. The van der Waals surface area contributed by atoms with Crippen LogP contribution >= 0.6 is 0 Å². The fourth-order valence-electron chi connectivity index (χ4n) is 3.26. The first kappa shape index (κ1) is 22.9. The van der Waals surface area contributed by atoms with Crippen molar-refractivity contribution in [3.8, 4) is 5.88 Å². The van der Waals surface area contributed by atoms with Crippen molar-refractivity contribution in [2.24, 2.45) is 0 Å². The molecule has 0 saturated carbocycles. The van der Waals surface area contributed by atoms with Gasteiger partial charge in [0.2, 0.25) is 11.8 Å². The molecule has 0 atom stereocenters. The van der Waals surface area contributed by atoms with E-state index in [-0.39, 0.29) is 23.8 Å². The van der Waals surface area contributed by atoms with Gasteiger partial charge in [0, 0.05) is 18.4 Å². The fourth-order valence-corrected chi connectivity index (χ4v) is 3.26. The first-order chi connectivity index (χ1) is 15.5. The molecule has 0 radical (unpaired) electrons. The second kappa shape index (κ2) is 11.0. The van der Waals surface area contributed by atoms with Crippen LogP contribution in [0, 0.1) is 6.92 Å². The van der Waals surface area contributed by atoms with Gasteiger partial charge in [0.05, 0.1) is 24.7 Å². The SMILES string of the molecule is CCOc1nc(NC2CCNCC2)ncc1C(=O)Nc1cn2cc(C)nc2cn1.O=CO. The molecule has 3 aromatic rings. The molecule has 12 nitrogen and oxygen atoms in total. The summed E-state index contributed by atoms with van der Waals surface area (Å²) in [6.45, 7) is 5.81. The number of carbonyl (C=O) groups is 2. The Hall–Kier alpha value is -3.80. The van der Waals surface area contributed by atoms with Crippen molar-refractivity contribution < 1.29 is 19.4 Å². The quantitative estimate of drug-likeness (QED) is 0.411. The second-order valence-corrected chi connectivity index (χ2v) is 6.99. The highest BCUT2D eigenvalue weighted by Crippen LogP contribution is 2.20. The van der Waals surface area contributed by atoms with Crippen LogP contribution in [0.3, 0.4) is 0 Å². The van der Waals surface area contributed by atoms with E-state index in [0.717, 1.165) is 31.6 Å². The molecule has 1 saturated heterocycles. The van der Waals surface area contributed by atoms with Crippen LogP contribution in [0.1, 0.15) is 35.8 Å². The molecule has 4 rings (SSSR count). The minimum absolute atomic E-state index is 0.246. The summed E-state index contributed by atoms with van der Waals surface area (Å²) in [6, 6.07) is 0.306. The van der Waals surface area contributed by atoms with E-state index in [0.29, 0.717) is 30.1 Å². The number of carbonyl (C=O) groups excluding carboxylic acids is 1. The van der Waals surface area contributed by atoms with Gasteiger partial charge in [0.1, 0.15) is 11.4 Å². The van der Waals surface area contributed by atoms with Gasteiger partial charge in [-0.05, 0) is 39.8 Å². The van der Waals surface area contributed by atoms with Gasteiger partial charge in [-0.3, -0.25) is 9.59 Å². The Bertz CT molecular complexity index is 1060. The summed E-state index contributed by atoms with van der Waals surface area (Å²) in [5, 5.41) is 16.3. The van der Waals surface area contributed by atoms with Gasteiger partial charge in [-0.25, -0.2) is 15.0 Å². The maximum atomic E-state index is 12.8. The van der Waals surface area contributed by atoms with Crippen molar-refractivity contribution in [3.05, 3.63) is 36.0 Å². The van der Waals surface area contributed by atoms with E-state index in [1.165, 1.54) is 6.20 Å². The number of hydrogen-bond donors (Lipinski definition) is 4. The lowest BCUT2D eigenvalue weighted by molar-refractivity contribution is -0.122. The molecule has 170 valence electrons. The number of rotatable bonds is 6. The summed E-state index contributed by atoms with van der Waals surface area (Å²) in [5.41, 5.74) is 1.85. The monoisotopic (exact) mass is 442 g/mol. The number of anilines is 2. The van der Waals surface area contributed by atoms with E-state index in [1.807, 2.05) is 24.4 Å². The van der Waals surface area contributed by atoms with Crippen LogP contribution in [0.2, 0.25) is 0 Å². The zero-order valence-electron chi connectivity index (χ0n) is 17.9. The Kier molecular flexibility index (Phi) is 7.86. The summed E-state index contributed by atoms with van der Waals surface area (Å²) in [7, 11) is 0. The van der Waals surface area contributed by atoms with E-state index in [2.05, 4.69) is 35.9 Å². The van der Waals surface area contributed by atoms with Crippen LogP contribution in [-0.4, -0.2) is 67.6 Å². The highest BCUT2D eigenvalue weighted by atomic mass is 16.5. The van der Waals surface area contributed by atoms with Gasteiger partial charge in [-0.15, -0.1) is 0 Å². The summed E-state index contributed by atoms with van der Waals surface area (Å²) in [5.74, 6) is 0.728. The minimum atomic E-state index is -0.384. The number of amides is 1. The molecule has 0 aliphatic carbocycles. The molecule has 3 aromatic heterocycles. The zero-order chi connectivity index (χ0) is 22.9. The van der Waals surface area contributed by atoms with Crippen LogP contribution in [0.4, 0.5) is 11.8 Å². The minimum Gasteiger partial charge on any atom is -0.483 e. The van der Waals surface area contributed by atoms with Crippen molar-refractivity contribution in [3.63, 3.8) is 0 Å². The predicted octanol–water partition coefficient (Wildman–Crippen LogP) is 1.34. The summed E-state index contributed by atoms with van der Waals surface area (Å²) < 4.78 is 7.41. The lowest BCUT2D eigenvalue weighted by Crippen LogP contribution is -2.35. The Balaban J connectivity index is 0.000000913. The van der Waals surface area contributed by atoms with E-state index >= 15 is 0 Å². The Morgan fingerprint density at radius 3 is 2.75 bits per heavy atom. The Morgan fingerprint density at radius 1 is 1.28 bits per heavy atom. The van der Waals surface area contributed by atoms with Gasteiger partial charge in [-0.2, -0.15) is 4.98 Å². The van der Waals surface area contributed by atoms with Crippen molar-refractivity contribution in [2.45, 2.75) is 32.7 Å². The molecule has 1 aliphatic heterocycles. The number of nitrogens with zero attached hydrogens (tertiary/aromatic N) is 5. The third-order valence-corrected chi connectivity index (χ3v) is 4.66. The summed E-state index contributed by atoms with van der Waals surface area (Å²) >= 11 is 0. The standard InChI is InChI=1S/C19H24N8O2.CH2O2/c1-3-29-18-14(8-22-19(26-18)24-13-4-6-20-7-5-13)17(28)25-15-11-27-10-12(2)23-16(27)9-21-15;2-1-3/h8-11,13,20H,3-7H2,1-2H3,(H,25,28)(H,22,24,26);1H,(H,2,3).